The molecule has 4 heterocycles. The lowest BCUT2D eigenvalue weighted by Crippen LogP contribution is -2.53. The van der Waals surface area contributed by atoms with Gasteiger partial charge in [0.2, 0.25) is 0 Å². The molecule has 0 N–H and O–H groups in total. The van der Waals surface area contributed by atoms with Gasteiger partial charge in [-0.1, -0.05) is 33.8 Å². The molecular weight excluding hydrogens is 482 g/mol. The van der Waals surface area contributed by atoms with Gasteiger partial charge in [-0.15, -0.1) is 0 Å². The molecule has 2 aromatic heterocycles. The molecule has 0 aliphatic carbocycles. The Bertz CT molecular complexity index is 975. The molecule has 0 radical (unpaired) electrons. The van der Waals surface area contributed by atoms with E-state index in [-0.39, 0.29) is 5.54 Å². The summed E-state index contributed by atoms with van der Waals surface area (Å²) in [6, 6.07) is 8.77. The largest absolute Gasteiger partial charge is 0.354 e. The molecule has 0 saturated carbocycles. The molecule has 0 spiro atoms. The van der Waals surface area contributed by atoms with Crippen LogP contribution in [0.2, 0.25) is 0 Å². The van der Waals surface area contributed by atoms with Gasteiger partial charge < -0.3 is 19.6 Å². The molecule has 4 rings (SSSR count). The van der Waals surface area contributed by atoms with E-state index >= 15 is 0 Å². The fourth-order valence-corrected chi connectivity index (χ4v) is 5.32. The van der Waals surface area contributed by atoms with Gasteiger partial charge in [0.25, 0.3) is 0 Å². The van der Waals surface area contributed by atoms with Crippen LogP contribution in [-0.4, -0.2) is 103 Å². The van der Waals surface area contributed by atoms with Crippen molar-refractivity contribution < 1.29 is 0 Å². The molecule has 2 aromatic rings. The van der Waals surface area contributed by atoms with Crippen LogP contribution in [0.5, 0.6) is 0 Å². The zero-order chi connectivity index (χ0) is 28.6. The van der Waals surface area contributed by atoms with E-state index in [1.807, 2.05) is 12.4 Å². The Hall–Kier alpha value is -2.22. The second kappa shape index (κ2) is 13.9. The predicted molar refractivity (Wildman–Crippen MR) is 167 cm³/mol. The van der Waals surface area contributed by atoms with Gasteiger partial charge in [-0.05, 0) is 82.6 Å². The predicted octanol–water partition coefficient (Wildman–Crippen LogP) is 4.88. The number of pyridine rings is 2. The number of anilines is 2. The van der Waals surface area contributed by atoms with Gasteiger partial charge >= 0.3 is 0 Å². The lowest BCUT2D eigenvalue weighted by Gasteiger charge is -2.42. The molecule has 0 atom stereocenters. The average Bonchev–Trinajstić information content (AvgIpc) is 2.88. The van der Waals surface area contributed by atoms with E-state index in [2.05, 4.69) is 121 Å². The zero-order valence-electron chi connectivity index (χ0n) is 26.4. The number of likely N-dealkylation sites (N-methyl/N-ethyl adjacent to an activating group) is 1. The lowest BCUT2D eigenvalue weighted by atomic mass is 9.88. The van der Waals surface area contributed by atoms with Crippen LogP contribution >= 0.6 is 0 Å². The number of nitrogens with zero attached hydrogens (tertiary/aromatic N) is 7. The summed E-state index contributed by atoms with van der Waals surface area (Å²) in [6.45, 7) is 26.9. The molecular formula is C32H55N7. The first-order valence-corrected chi connectivity index (χ1v) is 14.9. The SMILES string of the molecule is CCN1CCN(c2cc(CC(C)(C)C)ccn2)CC1.CN(C)Cc1ccc(N2CCN(C(C)(C)C)CC2)nc1. The number of rotatable bonds is 6. The van der Waals surface area contributed by atoms with E-state index in [9.17, 15) is 0 Å². The van der Waals surface area contributed by atoms with Crippen molar-refractivity contribution in [3.8, 4) is 0 Å². The summed E-state index contributed by atoms with van der Waals surface area (Å²) in [4.78, 5) is 21.2. The number of hydrogen-bond acceptors (Lipinski definition) is 7. The standard InChI is InChI=1S/C16H28N4.C16H27N3/c1-16(2,3)20-10-8-19(9-11-20)15-7-6-14(12-17-15)13-18(4)5;1-5-18-8-10-19(11-9-18)15-12-14(6-7-17-15)13-16(2,3)4/h6-7,12H,8-11,13H2,1-5H3;6-7,12H,5,8-11,13H2,1-4H3. The van der Waals surface area contributed by atoms with Gasteiger partial charge in [0.05, 0.1) is 0 Å². The average molecular weight is 538 g/mol. The second-order valence-corrected chi connectivity index (χ2v) is 13.6. The highest BCUT2D eigenvalue weighted by Gasteiger charge is 2.26. The van der Waals surface area contributed by atoms with E-state index in [0.29, 0.717) is 5.41 Å². The smallest absolute Gasteiger partial charge is 0.128 e. The minimum absolute atomic E-state index is 0.273. The van der Waals surface area contributed by atoms with Gasteiger partial charge in [0.1, 0.15) is 11.6 Å². The molecule has 2 saturated heterocycles. The fourth-order valence-electron chi connectivity index (χ4n) is 5.32. The van der Waals surface area contributed by atoms with Crippen LogP contribution in [-0.2, 0) is 13.0 Å². The lowest BCUT2D eigenvalue weighted by molar-refractivity contribution is 0.128. The summed E-state index contributed by atoms with van der Waals surface area (Å²) < 4.78 is 0. The van der Waals surface area contributed by atoms with E-state index in [1.54, 1.807) is 0 Å². The van der Waals surface area contributed by atoms with Crippen molar-refractivity contribution in [1.29, 1.82) is 0 Å². The highest BCUT2D eigenvalue weighted by Crippen LogP contribution is 2.23. The van der Waals surface area contributed by atoms with E-state index < -0.39 is 0 Å². The van der Waals surface area contributed by atoms with Crippen LogP contribution in [0.25, 0.3) is 0 Å². The van der Waals surface area contributed by atoms with Crippen LogP contribution in [0.1, 0.15) is 59.6 Å². The summed E-state index contributed by atoms with van der Waals surface area (Å²) in [5.41, 5.74) is 3.27. The first-order chi connectivity index (χ1) is 18.3. The number of aromatic nitrogens is 2. The highest BCUT2D eigenvalue weighted by atomic mass is 15.3. The third-order valence-corrected chi connectivity index (χ3v) is 7.55. The number of piperazine rings is 2. The van der Waals surface area contributed by atoms with Crippen LogP contribution < -0.4 is 9.80 Å². The Labute approximate surface area is 239 Å². The monoisotopic (exact) mass is 537 g/mol. The van der Waals surface area contributed by atoms with Crippen molar-refractivity contribution in [1.82, 2.24) is 24.7 Å². The number of hydrogen-bond donors (Lipinski definition) is 0. The summed E-state index contributed by atoms with van der Waals surface area (Å²) >= 11 is 0. The van der Waals surface area contributed by atoms with Gasteiger partial charge in [-0.2, -0.15) is 0 Å². The molecule has 0 amide bonds. The maximum atomic E-state index is 4.62. The van der Waals surface area contributed by atoms with Crippen LogP contribution in [0.4, 0.5) is 11.6 Å². The van der Waals surface area contributed by atoms with Crippen molar-refractivity contribution in [3.05, 3.63) is 47.8 Å². The first-order valence-electron chi connectivity index (χ1n) is 14.9. The van der Waals surface area contributed by atoms with Gasteiger partial charge in [-0.25, -0.2) is 9.97 Å². The Balaban J connectivity index is 0.000000216. The molecule has 7 heteroatoms. The molecule has 0 aromatic carbocycles. The molecule has 39 heavy (non-hydrogen) atoms. The Morgan fingerprint density at radius 1 is 0.744 bits per heavy atom. The normalized spacial score (nSPS) is 17.8. The molecule has 2 aliphatic heterocycles. The van der Waals surface area contributed by atoms with E-state index in [4.69, 9.17) is 0 Å². The molecule has 2 fully saturated rings. The highest BCUT2D eigenvalue weighted by molar-refractivity contribution is 5.42. The topological polar surface area (TPSA) is 42.0 Å². The maximum Gasteiger partial charge on any atom is 0.128 e. The summed E-state index contributed by atoms with van der Waals surface area (Å²) in [6.07, 6.45) is 5.07. The Morgan fingerprint density at radius 3 is 1.87 bits per heavy atom. The van der Waals surface area contributed by atoms with Crippen molar-refractivity contribution in [3.63, 3.8) is 0 Å². The third kappa shape index (κ3) is 10.4. The van der Waals surface area contributed by atoms with Gasteiger partial charge in [0, 0.05) is 76.8 Å². The molecule has 2 aliphatic rings. The van der Waals surface area contributed by atoms with E-state index in [0.717, 1.165) is 83.5 Å². The van der Waals surface area contributed by atoms with Crippen molar-refractivity contribution in [2.24, 2.45) is 5.41 Å². The second-order valence-electron chi connectivity index (χ2n) is 13.6. The molecule has 0 unspecified atom stereocenters. The fraction of sp³-hybridized carbons (Fsp3) is 0.688. The first kappa shape index (κ1) is 31.3. The van der Waals surface area contributed by atoms with Crippen LogP contribution in [0.3, 0.4) is 0 Å². The van der Waals surface area contributed by atoms with Gasteiger partial charge in [0.15, 0.2) is 0 Å². The van der Waals surface area contributed by atoms with Crippen molar-refractivity contribution in [2.45, 2.75) is 67.0 Å². The quantitative estimate of drug-likeness (QED) is 0.520. The Kier molecular flexibility index (Phi) is 11.2. The van der Waals surface area contributed by atoms with Gasteiger partial charge in [-0.3, -0.25) is 4.90 Å². The zero-order valence-corrected chi connectivity index (χ0v) is 26.4. The molecule has 218 valence electrons. The van der Waals surface area contributed by atoms with Crippen LogP contribution in [0.15, 0.2) is 36.7 Å². The molecule has 0 bridgehead atoms. The summed E-state index contributed by atoms with van der Waals surface area (Å²) in [5.74, 6) is 2.26. The Morgan fingerprint density at radius 2 is 1.36 bits per heavy atom. The minimum Gasteiger partial charge on any atom is -0.354 e. The van der Waals surface area contributed by atoms with E-state index in [1.165, 1.54) is 11.1 Å². The van der Waals surface area contributed by atoms with Crippen LogP contribution in [0, 0.1) is 5.41 Å². The summed E-state index contributed by atoms with van der Waals surface area (Å²) in [5, 5.41) is 0. The van der Waals surface area contributed by atoms with Crippen molar-refractivity contribution >= 4 is 11.6 Å². The third-order valence-electron chi connectivity index (χ3n) is 7.55. The summed E-state index contributed by atoms with van der Waals surface area (Å²) in [7, 11) is 4.17. The van der Waals surface area contributed by atoms with Crippen molar-refractivity contribution in [2.75, 3.05) is 82.8 Å². The minimum atomic E-state index is 0.273. The molecule has 7 nitrogen and oxygen atoms in total. The maximum absolute atomic E-state index is 4.62.